The van der Waals surface area contributed by atoms with E-state index in [1.165, 1.54) is 13.2 Å². The average molecular weight is 519 g/mol. The molecule has 2 aromatic carbocycles. The molecule has 0 aromatic heterocycles. The highest BCUT2D eigenvalue weighted by Gasteiger charge is 2.26. The molecule has 146 valence electrons. The molecule has 1 heterocycles. The number of carbonyl (C=O) groups is 2. The second kappa shape index (κ2) is 9.02. The molecule has 2 N–H and O–H groups in total. The van der Waals surface area contributed by atoms with Crippen molar-refractivity contribution in [3.05, 3.63) is 62.2 Å². The standard InChI is InChI=1S/C20H14IN3O4S/c1-27-16-8-11(6-14-18(25)23-20(29)24-19(14)26)7-15(21)17(16)28-10-13-5-3-2-4-12(13)9-22/h2-8H,10H2,1H3,(H2,23,24,25,26,29). The Balaban J connectivity index is 1.89. The molecule has 9 heteroatoms. The molecule has 0 radical (unpaired) electrons. The van der Waals surface area contributed by atoms with Crippen molar-refractivity contribution < 1.29 is 19.1 Å². The van der Waals surface area contributed by atoms with Crippen LogP contribution in [-0.4, -0.2) is 24.0 Å². The van der Waals surface area contributed by atoms with E-state index in [0.29, 0.717) is 22.6 Å². The Labute approximate surface area is 185 Å². The summed E-state index contributed by atoms with van der Waals surface area (Å²) in [6.45, 7) is 0.193. The Morgan fingerprint density at radius 3 is 2.55 bits per heavy atom. The second-order valence-corrected chi connectivity index (χ2v) is 7.46. The number of benzene rings is 2. The molecule has 1 aliphatic rings. The van der Waals surface area contributed by atoms with Crippen LogP contribution >= 0.6 is 34.8 Å². The average Bonchev–Trinajstić information content (AvgIpc) is 2.69. The molecule has 2 aromatic rings. The molecule has 0 unspecified atom stereocenters. The summed E-state index contributed by atoms with van der Waals surface area (Å²) in [5.41, 5.74) is 1.82. The Bertz CT molecular complexity index is 1070. The van der Waals surface area contributed by atoms with Crippen molar-refractivity contribution in [3.8, 4) is 17.6 Å². The third kappa shape index (κ3) is 4.72. The first kappa shape index (κ1) is 20.8. The molecule has 0 spiro atoms. The van der Waals surface area contributed by atoms with E-state index in [2.05, 4.69) is 39.3 Å². The van der Waals surface area contributed by atoms with Gasteiger partial charge in [-0.05, 0) is 64.6 Å². The zero-order chi connectivity index (χ0) is 21.0. The van der Waals surface area contributed by atoms with Gasteiger partial charge in [0.1, 0.15) is 12.2 Å². The summed E-state index contributed by atoms with van der Waals surface area (Å²) in [5.74, 6) is -0.200. The number of nitrogens with one attached hydrogen (secondary N) is 2. The van der Waals surface area contributed by atoms with E-state index in [1.54, 1.807) is 24.3 Å². The number of ether oxygens (including phenoxy) is 2. The van der Waals surface area contributed by atoms with Crippen molar-refractivity contribution in [2.24, 2.45) is 0 Å². The van der Waals surface area contributed by atoms with E-state index >= 15 is 0 Å². The van der Waals surface area contributed by atoms with Crippen LogP contribution in [0, 0.1) is 14.9 Å². The van der Waals surface area contributed by atoms with Gasteiger partial charge in [-0.3, -0.25) is 20.2 Å². The fourth-order valence-electron chi connectivity index (χ4n) is 2.64. The van der Waals surface area contributed by atoms with E-state index in [0.717, 1.165) is 9.13 Å². The molecule has 0 bridgehead atoms. The Morgan fingerprint density at radius 1 is 1.21 bits per heavy atom. The number of methoxy groups -OCH3 is 1. The normalized spacial score (nSPS) is 13.3. The molecule has 1 fully saturated rings. The first-order valence-corrected chi connectivity index (χ1v) is 9.78. The van der Waals surface area contributed by atoms with Gasteiger partial charge in [0.05, 0.1) is 22.3 Å². The maximum atomic E-state index is 12.0. The predicted molar refractivity (Wildman–Crippen MR) is 118 cm³/mol. The van der Waals surface area contributed by atoms with Gasteiger partial charge in [-0.15, -0.1) is 0 Å². The van der Waals surface area contributed by atoms with E-state index < -0.39 is 11.8 Å². The quantitative estimate of drug-likeness (QED) is 0.273. The van der Waals surface area contributed by atoms with Gasteiger partial charge < -0.3 is 9.47 Å². The van der Waals surface area contributed by atoms with Crippen molar-refractivity contribution in [1.82, 2.24) is 10.6 Å². The zero-order valence-corrected chi connectivity index (χ0v) is 18.1. The van der Waals surface area contributed by atoms with Gasteiger partial charge >= 0.3 is 0 Å². The highest BCUT2D eigenvalue weighted by Crippen LogP contribution is 2.35. The number of nitriles is 1. The van der Waals surface area contributed by atoms with E-state index in [-0.39, 0.29) is 17.3 Å². The largest absolute Gasteiger partial charge is 0.493 e. The lowest BCUT2D eigenvalue weighted by atomic mass is 10.1. The van der Waals surface area contributed by atoms with E-state index in [4.69, 9.17) is 21.7 Å². The summed E-state index contributed by atoms with van der Waals surface area (Å²) in [7, 11) is 1.50. The fourth-order valence-corrected chi connectivity index (χ4v) is 3.61. The lowest BCUT2D eigenvalue weighted by molar-refractivity contribution is -0.123. The van der Waals surface area contributed by atoms with Gasteiger partial charge in [0, 0.05) is 5.56 Å². The van der Waals surface area contributed by atoms with Crippen molar-refractivity contribution in [1.29, 1.82) is 5.26 Å². The predicted octanol–water partition coefficient (Wildman–Crippen LogP) is 2.66. The Hall–Kier alpha value is -2.97. The molecular formula is C20H14IN3O4S. The van der Waals surface area contributed by atoms with Crippen LogP contribution in [0.2, 0.25) is 0 Å². The number of thiocarbonyl (C=S) groups is 1. The molecule has 7 nitrogen and oxygen atoms in total. The number of halogens is 1. The third-order valence-electron chi connectivity index (χ3n) is 4.02. The summed E-state index contributed by atoms with van der Waals surface area (Å²) < 4.78 is 12.1. The lowest BCUT2D eigenvalue weighted by Gasteiger charge is -2.17. The number of rotatable bonds is 5. The molecule has 0 aliphatic carbocycles. The molecule has 2 amide bonds. The molecule has 0 saturated carbocycles. The minimum Gasteiger partial charge on any atom is -0.493 e. The zero-order valence-electron chi connectivity index (χ0n) is 15.1. The van der Waals surface area contributed by atoms with Crippen LogP contribution in [0.4, 0.5) is 0 Å². The molecule has 0 atom stereocenters. The molecule has 1 aliphatic heterocycles. The Morgan fingerprint density at radius 2 is 1.90 bits per heavy atom. The maximum Gasteiger partial charge on any atom is 0.263 e. The first-order valence-electron chi connectivity index (χ1n) is 8.29. The van der Waals surface area contributed by atoms with Gasteiger partial charge in [0.2, 0.25) is 0 Å². The van der Waals surface area contributed by atoms with Gasteiger partial charge in [0.25, 0.3) is 11.8 Å². The number of hydrogen-bond acceptors (Lipinski definition) is 6. The molecule has 1 saturated heterocycles. The monoisotopic (exact) mass is 519 g/mol. The van der Waals surface area contributed by atoms with Crippen LogP contribution in [0.25, 0.3) is 6.08 Å². The van der Waals surface area contributed by atoms with Gasteiger partial charge in [-0.1, -0.05) is 18.2 Å². The van der Waals surface area contributed by atoms with Crippen LogP contribution in [0.5, 0.6) is 11.5 Å². The number of amides is 2. The molecular weight excluding hydrogens is 505 g/mol. The Kier molecular flexibility index (Phi) is 6.46. The number of nitrogens with zero attached hydrogens (tertiary/aromatic N) is 1. The summed E-state index contributed by atoms with van der Waals surface area (Å²) in [5, 5.41) is 14.0. The van der Waals surface area contributed by atoms with Crippen molar-refractivity contribution in [2.75, 3.05) is 7.11 Å². The van der Waals surface area contributed by atoms with Crippen LogP contribution in [0.1, 0.15) is 16.7 Å². The number of hydrogen-bond donors (Lipinski definition) is 2. The topological polar surface area (TPSA) is 100 Å². The van der Waals surface area contributed by atoms with E-state index in [9.17, 15) is 14.9 Å². The highest BCUT2D eigenvalue weighted by atomic mass is 127. The highest BCUT2D eigenvalue weighted by molar-refractivity contribution is 14.1. The SMILES string of the molecule is COc1cc(C=C2C(=O)NC(=S)NC2=O)cc(I)c1OCc1ccccc1C#N. The molecule has 3 rings (SSSR count). The van der Waals surface area contributed by atoms with Crippen LogP contribution in [0.3, 0.4) is 0 Å². The van der Waals surface area contributed by atoms with Gasteiger partial charge in [-0.25, -0.2) is 0 Å². The van der Waals surface area contributed by atoms with Crippen LogP contribution in [-0.2, 0) is 16.2 Å². The second-order valence-electron chi connectivity index (χ2n) is 5.89. The lowest BCUT2D eigenvalue weighted by Crippen LogP contribution is -2.51. The number of carbonyl (C=O) groups excluding carboxylic acids is 2. The minimum atomic E-state index is -0.568. The van der Waals surface area contributed by atoms with Crippen molar-refractivity contribution in [2.45, 2.75) is 6.61 Å². The molecule has 29 heavy (non-hydrogen) atoms. The smallest absolute Gasteiger partial charge is 0.263 e. The van der Waals surface area contributed by atoms with Crippen molar-refractivity contribution in [3.63, 3.8) is 0 Å². The summed E-state index contributed by atoms with van der Waals surface area (Å²) in [4.78, 5) is 24.1. The van der Waals surface area contributed by atoms with Gasteiger partial charge in [0.15, 0.2) is 16.6 Å². The third-order valence-corrected chi connectivity index (χ3v) is 5.02. The van der Waals surface area contributed by atoms with Crippen LogP contribution < -0.4 is 20.1 Å². The van der Waals surface area contributed by atoms with Crippen LogP contribution in [0.15, 0.2) is 42.0 Å². The first-order chi connectivity index (χ1) is 13.9. The summed E-state index contributed by atoms with van der Waals surface area (Å²) >= 11 is 6.88. The van der Waals surface area contributed by atoms with E-state index in [1.807, 2.05) is 12.1 Å². The van der Waals surface area contributed by atoms with Gasteiger partial charge in [-0.2, -0.15) is 5.26 Å². The maximum absolute atomic E-state index is 12.0. The summed E-state index contributed by atoms with van der Waals surface area (Å²) in [6, 6.07) is 12.7. The van der Waals surface area contributed by atoms with Crippen molar-refractivity contribution >= 4 is 57.8 Å². The fraction of sp³-hybridized carbons (Fsp3) is 0.100. The minimum absolute atomic E-state index is 0.0225. The summed E-state index contributed by atoms with van der Waals surface area (Å²) in [6.07, 6.45) is 1.45.